The normalized spacial score (nSPS) is 16.7. The average molecular weight is 450 g/mol. The van der Waals surface area contributed by atoms with Gasteiger partial charge in [0.15, 0.2) is 5.43 Å². The summed E-state index contributed by atoms with van der Waals surface area (Å²) in [6.45, 7) is 7.43. The van der Waals surface area contributed by atoms with E-state index in [9.17, 15) is 14.4 Å². The van der Waals surface area contributed by atoms with Crippen LogP contribution in [0.1, 0.15) is 33.6 Å². The summed E-state index contributed by atoms with van der Waals surface area (Å²) in [5.41, 5.74) is 0.929. The Morgan fingerprint density at radius 1 is 1.03 bits per heavy atom. The number of amides is 2. The Kier molecular flexibility index (Phi) is 6.40. The zero-order valence-corrected chi connectivity index (χ0v) is 19.5. The van der Waals surface area contributed by atoms with E-state index in [1.54, 1.807) is 17.0 Å². The number of aromatic nitrogens is 1. The first-order valence-electron chi connectivity index (χ1n) is 11.5. The van der Waals surface area contributed by atoms with Gasteiger partial charge in [0.1, 0.15) is 12.1 Å². The van der Waals surface area contributed by atoms with E-state index >= 15 is 0 Å². The summed E-state index contributed by atoms with van der Waals surface area (Å²) in [5.74, 6) is 0.0565. The van der Waals surface area contributed by atoms with E-state index in [1.165, 1.54) is 0 Å². The number of ether oxygens (including phenoxy) is 1. The molecule has 0 spiro atoms. The van der Waals surface area contributed by atoms with Gasteiger partial charge in [0, 0.05) is 30.4 Å². The predicted octanol–water partition coefficient (Wildman–Crippen LogP) is 3.92. The van der Waals surface area contributed by atoms with Gasteiger partial charge in [-0.05, 0) is 63.8 Å². The van der Waals surface area contributed by atoms with Crippen LogP contribution in [0.15, 0.2) is 53.3 Å². The summed E-state index contributed by atoms with van der Waals surface area (Å²) in [6, 6.07) is 14.8. The lowest BCUT2D eigenvalue weighted by atomic mass is 9.98. The van der Waals surface area contributed by atoms with E-state index in [-0.39, 0.29) is 29.9 Å². The zero-order chi connectivity index (χ0) is 23.6. The Morgan fingerprint density at radius 2 is 1.64 bits per heavy atom. The van der Waals surface area contributed by atoms with Crippen LogP contribution in [0.2, 0.25) is 0 Å². The molecule has 3 aromatic rings. The number of hydrogen-bond acceptors (Lipinski definition) is 4. The van der Waals surface area contributed by atoms with E-state index in [2.05, 4.69) is 5.32 Å². The maximum absolute atomic E-state index is 12.9. The molecule has 1 unspecified atom stereocenters. The topological polar surface area (TPSA) is 80.6 Å². The highest BCUT2D eigenvalue weighted by Crippen LogP contribution is 2.20. The molecular weight excluding hydrogens is 418 g/mol. The fourth-order valence-corrected chi connectivity index (χ4v) is 4.43. The smallest absolute Gasteiger partial charge is 0.410 e. The van der Waals surface area contributed by atoms with E-state index in [1.807, 2.05) is 61.7 Å². The first-order valence-corrected chi connectivity index (χ1v) is 11.5. The van der Waals surface area contributed by atoms with E-state index in [4.69, 9.17) is 4.74 Å². The number of benzene rings is 2. The van der Waals surface area contributed by atoms with Crippen molar-refractivity contribution in [2.45, 2.75) is 45.8 Å². The lowest BCUT2D eigenvalue weighted by Gasteiger charge is -2.34. The van der Waals surface area contributed by atoms with Gasteiger partial charge in [-0.1, -0.05) is 24.3 Å². The molecule has 0 bridgehead atoms. The number of pyridine rings is 1. The molecule has 1 aliphatic rings. The van der Waals surface area contributed by atoms with Gasteiger partial charge in [0.05, 0.1) is 11.0 Å². The Bertz CT molecular complexity index is 1180. The highest BCUT2D eigenvalue weighted by molar-refractivity contribution is 5.94. The molecule has 1 aromatic heterocycles. The van der Waals surface area contributed by atoms with Crippen LogP contribution in [-0.4, -0.2) is 46.7 Å². The fourth-order valence-electron chi connectivity index (χ4n) is 4.43. The molecule has 2 aromatic carbocycles. The quantitative estimate of drug-likeness (QED) is 0.612. The molecular formula is C26H31N3O4. The third-order valence-electron chi connectivity index (χ3n) is 5.94. The van der Waals surface area contributed by atoms with Gasteiger partial charge < -0.3 is 19.5 Å². The number of para-hydroxylation sites is 2. The van der Waals surface area contributed by atoms with Crippen molar-refractivity contribution in [3.63, 3.8) is 0 Å². The Balaban J connectivity index is 1.46. The highest BCUT2D eigenvalue weighted by Gasteiger charge is 2.27. The Morgan fingerprint density at radius 3 is 2.24 bits per heavy atom. The van der Waals surface area contributed by atoms with Crippen LogP contribution in [0.25, 0.3) is 21.8 Å². The number of nitrogens with zero attached hydrogens (tertiary/aromatic N) is 2. The minimum absolute atomic E-state index is 0.0256. The summed E-state index contributed by atoms with van der Waals surface area (Å²) >= 11 is 0. The summed E-state index contributed by atoms with van der Waals surface area (Å²) in [7, 11) is 0. The number of nitrogens with one attached hydrogen (secondary N) is 1. The van der Waals surface area contributed by atoms with Gasteiger partial charge >= 0.3 is 6.09 Å². The maximum Gasteiger partial charge on any atom is 0.410 e. The van der Waals surface area contributed by atoms with Gasteiger partial charge in [-0.3, -0.25) is 9.59 Å². The number of likely N-dealkylation sites (tertiary alicyclic amines) is 1. The molecule has 1 fully saturated rings. The SMILES string of the molecule is CC(C)(C)OC(=O)N1CCCC(CNC(=O)Cn2c3ccccc3c(=O)c3ccccc32)C1. The molecule has 1 atom stereocenters. The zero-order valence-electron chi connectivity index (χ0n) is 19.5. The molecule has 7 nitrogen and oxygen atoms in total. The molecule has 0 saturated carbocycles. The van der Waals surface area contributed by atoms with Crippen molar-refractivity contribution in [3.8, 4) is 0 Å². The highest BCUT2D eigenvalue weighted by atomic mass is 16.6. The number of carbonyl (C=O) groups excluding carboxylic acids is 2. The molecule has 2 amide bonds. The van der Waals surface area contributed by atoms with E-state index < -0.39 is 5.60 Å². The van der Waals surface area contributed by atoms with Crippen molar-refractivity contribution >= 4 is 33.8 Å². The van der Waals surface area contributed by atoms with Crippen LogP contribution in [0.4, 0.5) is 4.79 Å². The van der Waals surface area contributed by atoms with Gasteiger partial charge in [0.25, 0.3) is 0 Å². The maximum atomic E-state index is 12.9. The van der Waals surface area contributed by atoms with Gasteiger partial charge in [0.2, 0.25) is 5.91 Å². The summed E-state index contributed by atoms with van der Waals surface area (Å²) in [4.78, 5) is 39.9. The van der Waals surface area contributed by atoms with Gasteiger partial charge in [-0.25, -0.2) is 4.79 Å². The summed E-state index contributed by atoms with van der Waals surface area (Å²) in [5, 5.41) is 4.24. The van der Waals surface area contributed by atoms with Gasteiger partial charge in [-0.2, -0.15) is 0 Å². The van der Waals surface area contributed by atoms with Crippen molar-refractivity contribution < 1.29 is 14.3 Å². The molecule has 2 heterocycles. The van der Waals surface area contributed by atoms with Crippen molar-refractivity contribution in [1.82, 2.24) is 14.8 Å². The monoisotopic (exact) mass is 449 g/mol. The van der Waals surface area contributed by atoms with Crippen molar-refractivity contribution in [2.75, 3.05) is 19.6 Å². The minimum atomic E-state index is -0.527. The van der Waals surface area contributed by atoms with Crippen molar-refractivity contribution in [3.05, 3.63) is 58.8 Å². The molecule has 0 radical (unpaired) electrons. The number of piperidine rings is 1. The van der Waals surface area contributed by atoms with Gasteiger partial charge in [-0.15, -0.1) is 0 Å². The summed E-state index contributed by atoms with van der Waals surface area (Å²) < 4.78 is 7.39. The van der Waals surface area contributed by atoms with Crippen molar-refractivity contribution in [1.29, 1.82) is 0 Å². The number of hydrogen-bond donors (Lipinski definition) is 1. The van der Waals surface area contributed by atoms with Crippen LogP contribution in [0.3, 0.4) is 0 Å². The lowest BCUT2D eigenvalue weighted by Crippen LogP contribution is -2.45. The molecule has 1 aliphatic heterocycles. The predicted molar refractivity (Wildman–Crippen MR) is 129 cm³/mol. The standard InChI is InChI=1S/C26H31N3O4/c1-26(2,3)33-25(32)28-14-8-9-18(16-28)15-27-23(30)17-29-21-12-6-4-10-19(21)24(31)20-11-5-7-13-22(20)29/h4-7,10-13,18H,8-9,14-17H2,1-3H3,(H,27,30). The van der Waals surface area contributed by atoms with E-state index in [0.717, 1.165) is 23.9 Å². The molecule has 33 heavy (non-hydrogen) atoms. The molecule has 7 heteroatoms. The van der Waals surface area contributed by atoms with Crippen LogP contribution >= 0.6 is 0 Å². The fraction of sp³-hybridized carbons (Fsp3) is 0.423. The Labute approximate surface area is 193 Å². The van der Waals surface area contributed by atoms with Crippen LogP contribution in [-0.2, 0) is 16.1 Å². The van der Waals surface area contributed by atoms with E-state index in [0.29, 0.717) is 30.4 Å². The number of rotatable bonds is 4. The molecule has 1 N–H and O–H groups in total. The second kappa shape index (κ2) is 9.25. The third kappa shape index (κ3) is 5.18. The second-order valence-corrected chi connectivity index (χ2v) is 9.69. The first-order chi connectivity index (χ1) is 15.7. The molecule has 1 saturated heterocycles. The second-order valence-electron chi connectivity index (χ2n) is 9.69. The lowest BCUT2D eigenvalue weighted by molar-refractivity contribution is -0.121. The summed E-state index contributed by atoms with van der Waals surface area (Å²) in [6.07, 6.45) is 1.53. The largest absolute Gasteiger partial charge is 0.444 e. The van der Waals surface area contributed by atoms with Crippen LogP contribution in [0.5, 0.6) is 0 Å². The minimum Gasteiger partial charge on any atom is -0.444 e. The average Bonchev–Trinajstić information content (AvgIpc) is 2.79. The van der Waals surface area contributed by atoms with Crippen molar-refractivity contribution in [2.24, 2.45) is 5.92 Å². The first kappa shape index (κ1) is 22.8. The molecule has 4 rings (SSSR count). The van der Waals surface area contributed by atoms with Crippen LogP contribution < -0.4 is 10.7 Å². The number of carbonyl (C=O) groups is 2. The molecule has 0 aliphatic carbocycles. The molecule has 174 valence electrons. The number of fused-ring (bicyclic) bond motifs is 2. The Hall–Kier alpha value is -3.35. The third-order valence-corrected chi connectivity index (χ3v) is 5.94. The van der Waals surface area contributed by atoms with Crippen LogP contribution in [0, 0.1) is 5.92 Å².